The molecule has 1 aromatic carbocycles. The zero-order chi connectivity index (χ0) is 31.2. The minimum Gasteiger partial charge on any atom is -0.393 e. The first-order chi connectivity index (χ1) is 20.2. The molecule has 1 fully saturated rings. The standard InChI is InChI=1S/C29H29F6N5O3/c1-13(41)6-14-7-19(31)24(20(32)8-14)26-18(30)3-4-21(38-26)28(43)39-22-10-37-25-17(2-5-23(25)42)27(22)40-11-15(29(33,34)35)9-16(36)12-40/h3-4,7-8,10,13,15-16,23,41-42H,2,5-6,9,11-12,36H2,1H3,(H,39,43)/t13?,15-,16+,23?/m1/s1. The molecule has 5 rings (SSSR count). The van der Waals surface area contributed by atoms with Crippen LogP contribution in [0.1, 0.15) is 53.2 Å². The molecule has 4 atom stereocenters. The third kappa shape index (κ3) is 6.31. The second-order valence-electron chi connectivity index (χ2n) is 11.0. The Morgan fingerprint density at radius 3 is 2.51 bits per heavy atom. The third-order valence-corrected chi connectivity index (χ3v) is 7.63. The van der Waals surface area contributed by atoms with Gasteiger partial charge in [0.2, 0.25) is 0 Å². The number of rotatable bonds is 6. The molecular formula is C29H29F6N5O3. The van der Waals surface area contributed by atoms with E-state index in [1.54, 1.807) is 0 Å². The molecule has 2 unspecified atom stereocenters. The number of pyridine rings is 2. The van der Waals surface area contributed by atoms with Gasteiger partial charge in [0.1, 0.15) is 28.8 Å². The van der Waals surface area contributed by atoms with Gasteiger partial charge in [-0.05, 0) is 62.4 Å². The summed E-state index contributed by atoms with van der Waals surface area (Å²) in [7, 11) is 0. The number of nitrogens with one attached hydrogen (secondary N) is 1. The first-order valence-corrected chi connectivity index (χ1v) is 13.6. The highest BCUT2D eigenvalue weighted by Gasteiger charge is 2.45. The predicted molar refractivity (Wildman–Crippen MR) is 145 cm³/mol. The van der Waals surface area contributed by atoms with Gasteiger partial charge in [-0.1, -0.05) is 0 Å². The lowest BCUT2D eigenvalue weighted by atomic mass is 9.93. The van der Waals surface area contributed by atoms with E-state index in [4.69, 9.17) is 5.73 Å². The van der Waals surface area contributed by atoms with Crippen molar-refractivity contribution in [1.82, 2.24) is 9.97 Å². The molecule has 0 spiro atoms. The molecule has 2 aliphatic rings. The number of fused-ring (bicyclic) bond motifs is 1. The van der Waals surface area contributed by atoms with E-state index in [9.17, 15) is 41.4 Å². The minimum absolute atomic E-state index is 0.0142. The van der Waals surface area contributed by atoms with Crippen molar-refractivity contribution in [1.29, 1.82) is 0 Å². The SMILES string of the molecule is CC(O)Cc1cc(F)c(-c2nc(C(=O)Nc3cnc4c(c3N3C[C@@H](N)C[C@@H](C(F)(F)F)C3)CCC4O)ccc2F)c(F)c1. The van der Waals surface area contributed by atoms with Crippen LogP contribution >= 0.6 is 0 Å². The lowest BCUT2D eigenvalue weighted by molar-refractivity contribution is -0.177. The number of hydrogen-bond donors (Lipinski definition) is 4. The molecule has 8 nitrogen and oxygen atoms in total. The van der Waals surface area contributed by atoms with Crippen molar-refractivity contribution in [2.45, 2.75) is 57.0 Å². The summed E-state index contributed by atoms with van der Waals surface area (Å²) in [5, 5.41) is 22.4. The number of nitrogens with zero attached hydrogens (tertiary/aromatic N) is 3. The van der Waals surface area contributed by atoms with E-state index in [-0.39, 0.29) is 54.9 Å². The van der Waals surface area contributed by atoms with Gasteiger partial charge in [-0.25, -0.2) is 18.2 Å². The van der Waals surface area contributed by atoms with E-state index in [0.29, 0.717) is 5.56 Å². The van der Waals surface area contributed by atoms with Gasteiger partial charge in [0.25, 0.3) is 5.91 Å². The van der Waals surface area contributed by atoms with Crippen molar-refractivity contribution < 1.29 is 41.4 Å². The number of halogens is 6. The molecule has 5 N–H and O–H groups in total. The number of piperidine rings is 1. The van der Waals surface area contributed by atoms with Crippen LogP contribution in [0.5, 0.6) is 0 Å². The number of carbonyl (C=O) groups is 1. The fraction of sp³-hybridized carbons (Fsp3) is 0.414. The van der Waals surface area contributed by atoms with Crippen LogP contribution < -0.4 is 16.0 Å². The number of aliphatic hydroxyl groups is 2. The predicted octanol–water partition coefficient (Wildman–Crippen LogP) is 4.43. The van der Waals surface area contributed by atoms with Crippen LogP contribution in [-0.2, 0) is 12.8 Å². The number of alkyl halides is 3. The number of anilines is 2. The van der Waals surface area contributed by atoms with Gasteiger partial charge in [-0.15, -0.1) is 0 Å². The zero-order valence-corrected chi connectivity index (χ0v) is 22.9. The summed E-state index contributed by atoms with van der Waals surface area (Å²) < 4.78 is 85.7. The maximum atomic E-state index is 14.9. The molecule has 3 heterocycles. The van der Waals surface area contributed by atoms with Gasteiger partial charge in [0.15, 0.2) is 0 Å². The summed E-state index contributed by atoms with van der Waals surface area (Å²) >= 11 is 0. The van der Waals surface area contributed by atoms with E-state index in [0.717, 1.165) is 24.3 Å². The van der Waals surface area contributed by atoms with Crippen molar-refractivity contribution in [3.8, 4) is 11.3 Å². The highest BCUT2D eigenvalue weighted by molar-refractivity contribution is 6.05. The van der Waals surface area contributed by atoms with E-state index in [1.807, 2.05) is 0 Å². The van der Waals surface area contributed by atoms with E-state index in [1.165, 1.54) is 18.0 Å². The molecule has 2 aromatic heterocycles. The molecule has 14 heteroatoms. The van der Waals surface area contributed by atoms with Crippen molar-refractivity contribution in [3.05, 3.63) is 70.4 Å². The second kappa shape index (κ2) is 11.7. The van der Waals surface area contributed by atoms with Crippen LogP contribution in [-0.4, -0.2) is 57.5 Å². The summed E-state index contributed by atoms with van der Waals surface area (Å²) in [6, 6.07) is 2.86. The van der Waals surface area contributed by atoms with Gasteiger partial charge in [-0.3, -0.25) is 9.78 Å². The number of benzene rings is 1. The minimum atomic E-state index is -4.51. The summed E-state index contributed by atoms with van der Waals surface area (Å²) in [6.07, 6.45) is -4.88. The molecule has 0 bridgehead atoms. The Hall–Kier alpha value is -3.75. The van der Waals surface area contributed by atoms with Crippen molar-refractivity contribution in [2.75, 3.05) is 23.3 Å². The summed E-state index contributed by atoms with van der Waals surface area (Å²) in [5.41, 5.74) is 5.11. The monoisotopic (exact) mass is 609 g/mol. The molecule has 1 saturated heterocycles. The Balaban J connectivity index is 1.50. The smallest absolute Gasteiger partial charge is 0.393 e. The van der Waals surface area contributed by atoms with Gasteiger partial charge in [0.05, 0.1) is 47.0 Å². The molecule has 43 heavy (non-hydrogen) atoms. The summed E-state index contributed by atoms with van der Waals surface area (Å²) in [6.45, 7) is 1.05. The summed E-state index contributed by atoms with van der Waals surface area (Å²) in [4.78, 5) is 22.8. The second-order valence-corrected chi connectivity index (χ2v) is 11.0. The average Bonchev–Trinajstić information content (AvgIpc) is 3.28. The average molecular weight is 610 g/mol. The summed E-state index contributed by atoms with van der Waals surface area (Å²) in [5.74, 6) is -6.07. The maximum absolute atomic E-state index is 14.9. The fourth-order valence-corrected chi connectivity index (χ4v) is 5.76. The Labute approximate surface area is 242 Å². The maximum Gasteiger partial charge on any atom is 0.393 e. The van der Waals surface area contributed by atoms with Crippen LogP contribution in [0.2, 0.25) is 0 Å². The molecule has 0 radical (unpaired) electrons. The van der Waals surface area contributed by atoms with Gasteiger partial charge < -0.3 is 26.2 Å². The number of nitrogens with two attached hydrogens (primary N) is 1. The van der Waals surface area contributed by atoms with E-state index >= 15 is 0 Å². The number of carbonyl (C=O) groups excluding carboxylic acids is 1. The number of aliphatic hydroxyl groups excluding tert-OH is 2. The number of amides is 1. The van der Waals surface area contributed by atoms with Crippen molar-refractivity contribution >= 4 is 17.3 Å². The molecule has 1 amide bonds. The van der Waals surface area contributed by atoms with Crippen molar-refractivity contribution in [2.24, 2.45) is 11.7 Å². The molecule has 3 aromatic rings. The van der Waals surface area contributed by atoms with Crippen LogP contribution in [0, 0.1) is 23.4 Å². The van der Waals surface area contributed by atoms with Crippen LogP contribution in [0.15, 0.2) is 30.5 Å². The Kier molecular flexibility index (Phi) is 8.38. The van der Waals surface area contributed by atoms with Gasteiger partial charge in [-0.2, -0.15) is 13.2 Å². The first-order valence-electron chi connectivity index (χ1n) is 13.6. The molecule has 0 saturated carbocycles. The highest BCUT2D eigenvalue weighted by atomic mass is 19.4. The molecule has 1 aliphatic carbocycles. The normalized spacial score (nSPS) is 21.1. The molecular weight excluding hydrogens is 580 g/mol. The zero-order valence-electron chi connectivity index (χ0n) is 22.9. The van der Waals surface area contributed by atoms with E-state index in [2.05, 4.69) is 15.3 Å². The lowest BCUT2D eigenvalue weighted by Crippen LogP contribution is -2.51. The van der Waals surface area contributed by atoms with Crippen LogP contribution in [0.4, 0.5) is 37.7 Å². The largest absolute Gasteiger partial charge is 0.393 e. The first kappa shape index (κ1) is 30.7. The lowest BCUT2D eigenvalue weighted by Gasteiger charge is -2.40. The topological polar surface area (TPSA) is 125 Å². The Bertz CT molecular complexity index is 1530. The van der Waals surface area contributed by atoms with Gasteiger partial charge >= 0.3 is 6.18 Å². The Morgan fingerprint density at radius 1 is 1.16 bits per heavy atom. The van der Waals surface area contributed by atoms with E-state index < -0.39 is 77.2 Å². The molecule has 230 valence electrons. The van der Waals surface area contributed by atoms with Crippen molar-refractivity contribution in [3.63, 3.8) is 0 Å². The Morgan fingerprint density at radius 2 is 1.86 bits per heavy atom. The molecule has 1 aliphatic heterocycles. The van der Waals surface area contributed by atoms with Crippen LogP contribution in [0.3, 0.4) is 0 Å². The van der Waals surface area contributed by atoms with Gasteiger partial charge in [0, 0.05) is 24.7 Å². The number of aromatic nitrogens is 2. The fourth-order valence-electron chi connectivity index (χ4n) is 5.76. The quantitative estimate of drug-likeness (QED) is 0.305. The highest BCUT2D eigenvalue weighted by Crippen LogP contribution is 2.43. The third-order valence-electron chi connectivity index (χ3n) is 7.63. The number of hydrogen-bond acceptors (Lipinski definition) is 7. The van der Waals surface area contributed by atoms with Crippen LogP contribution in [0.25, 0.3) is 11.3 Å².